The summed E-state index contributed by atoms with van der Waals surface area (Å²) >= 11 is 5.77. The maximum Gasteiger partial charge on any atom is 0.254 e. The Balaban J connectivity index is 1.68. The van der Waals surface area contributed by atoms with E-state index >= 15 is 0 Å². The van der Waals surface area contributed by atoms with E-state index in [1.54, 1.807) is 0 Å². The smallest absolute Gasteiger partial charge is 0.254 e. The maximum atomic E-state index is 13.5. The van der Waals surface area contributed by atoms with Crippen LogP contribution in [-0.4, -0.2) is 48.2 Å². The summed E-state index contributed by atoms with van der Waals surface area (Å²) in [6.45, 7) is 2.67. The fourth-order valence-electron chi connectivity index (χ4n) is 2.80. The van der Waals surface area contributed by atoms with Gasteiger partial charge in [0.15, 0.2) is 0 Å². The molecule has 1 saturated heterocycles. The number of aliphatic hydroxyl groups is 1. The molecule has 122 valence electrons. The van der Waals surface area contributed by atoms with Gasteiger partial charge in [-0.25, -0.2) is 4.39 Å². The number of benzene rings is 1. The van der Waals surface area contributed by atoms with Gasteiger partial charge in [0.1, 0.15) is 5.82 Å². The zero-order valence-electron chi connectivity index (χ0n) is 12.5. The Labute approximate surface area is 135 Å². The van der Waals surface area contributed by atoms with E-state index in [0.717, 1.165) is 38.8 Å². The molecule has 1 atom stereocenters. The predicted octanol–water partition coefficient (Wildman–Crippen LogP) is 2.45. The van der Waals surface area contributed by atoms with Gasteiger partial charge in [0.05, 0.1) is 12.2 Å². The van der Waals surface area contributed by atoms with Gasteiger partial charge in [-0.3, -0.25) is 9.69 Å². The number of likely N-dealkylation sites (tertiary alicyclic amines) is 1. The van der Waals surface area contributed by atoms with Crippen molar-refractivity contribution in [2.24, 2.45) is 0 Å². The first kappa shape index (κ1) is 17.2. The van der Waals surface area contributed by atoms with Crippen molar-refractivity contribution in [3.8, 4) is 0 Å². The summed E-state index contributed by atoms with van der Waals surface area (Å²) in [6.07, 6.45) is 3.95. The second-order valence-corrected chi connectivity index (χ2v) is 6.04. The third kappa shape index (κ3) is 4.66. The molecule has 0 spiro atoms. The van der Waals surface area contributed by atoms with Gasteiger partial charge in [0.25, 0.3) is 5.91 Å². The number of rotatable bonds is 7. The lowest BCUT2D eigenvalue weighted by molar-refractivity contribution is 0.0948. The topological polar surface area (TPSA) is 52.6 Å². The minimum absolute atomic E-state index is 0.0209. The van der Waals surface area contributed by atoms with Crippen LogP contribution in [0.25, 0.3) is 0 Å². The van der Waals surface area contributed by atoms with E-state index in [-0.39, 0.29) is 18.2 Å². The lowest BCUT2D eigenvalue weighted by atomic mass is 10.2. The second-order valence-electron chi connectivity index (χ2n) is 5.60. The highest BCUT2D eigenvalue weighted by atomic mass is 35.5. The minimum atomic E-state index is -0.565. The van der Waals surface area contributed by atoms with Crippen LogP contribution in [0.4, 0.5) is 4.39 Å². The average Bonchev–Trinajstić information content (AvgIpc) is 2.96. The van der Waals surface area contributed by atoms with E-state index in [1.807, 2.05) is 0 Å². The van der Waals surface area contributed by atoms with Crippen molar-refractivity contribution in [1.29, 1.82) is 0 Å². The van der Waals surface area contributed by atoms with E-state index in [9.17, 15) is 14.3 Å². The molecule has 1 fully saturated rings. The number of aliphatic hydroxyl groups excluding tert-OH is 1. The number of carbonyl (C=O) groups is 1. The molecule has 1 unspecified atom stereocenters. The van der Waals surface area contributed by atoms with Crippen molar-refractivity contribution >= 4 is 17.5 Å². The van der Waals surface area contributed by atoms with Crippen LogP contribution in [-0.2, 0) is 0 Å². The Kier molecular flexibility index (Phi) is 6.61. The highest BCUT2D eigenvalue weighted by Crippen LogP contribution is 2.17. The Morgan fingerprint density at radius 3 is 3.05 bits per heavy atom. The molecule has 6 heteroatoms. The first-order valence-electron chi connectivity index (χ1n) is 7.70. The molecule has 1 aromatic rings. The van der Waals surface area contributed by atoms with Gasteiger partial charge in [0.2, 0.25) is 0 Å². The van der Waals surface area contributed by atoms with Gasteiger partial charge in [0, 0.05) is 17.6 Å². The van der Waals surface area contributed by atoms with Crippen LogP contribution in [0.1, 0.15) is 36.0 Å². The molecule has 1 aromatic carbocycles. The molecule has 0 bridgehead atoms. The van der Waals surface area contributed by atoms with Crippen LogP contribution in [0, 0.1) is 5.82 Å². The van der Waals surface area contributed by atoms with Gasteiger partial charge >= 0.3 is 0 Å². The molecule has 1 heterocycles. The lowest BCUT2D eigenvalue weighted by Gasteiger charge is -2.22. The molecule has 1 aliphatic heterocycles. The third-order valence-corrected chi connectivity index (χ3v) is 4.28. The van der Waals surface area contributed by atoms with Crippen LogP contribution in [0.5, 0.6) is 0 Å². The lowest BCUT2D eigenvalue weighted by Crippen LogP contribution is -2.33. The van der Waals surface area contributed by atoms with Crippen LogP contribution in [0.2, 0.25) is 5.02 Å². The Hall–Kier alpha value is -1.17. The number of unbranched alkanes of at least 4 members (excludes halogenated alkanes) is 1. The Morgan fingerprint density at radius 1 is 1.45 bits per heavy atom. The molecule has 2 rings (SSSR count). The zero-order chi connectivity index (χ0) is 15.9. The summed E-state index contributed by atoms with van der Waals surface area (Å²) in [5.74, 6) is -1.00. The predicted molar refractivity (Wildman–Crippen MR) is 84.7 cm³/mol. The second kappa shape index (κ2) is 8.46. The molecule has 0 saturated carbocycles. The molecular formula is C16H22ClFN2O2. The molecule has 1 amide bonds. The quantitative estimate of drug-likeness (QED) is 0.756. The largest absolute Gasteiger partial charge is 0.395 e. The number of carbonyl (C=O) groups excluding carboxylic acids is 1. The summed E-state index contributed by atoms with van der Waals surface area (Å²) in [4.78, 5) is 14.2. The number of halogens is 2. The SMILES string of the molecule is O=C(NCCCCN1CCCC1CO)c1cc(Cl)ccc1F. The molecule has 0 radical (unpaired) electrons. The highest BCUT2D eigenvalue weighted by Gasteiger charge is 2.22. The van der Waals surface area contributed by atoms with E-state index < -0.39 is 11.7 Å². The summed E-state index contributed by atoms with van der Waals surface area (Å²) in [5, 5.41) is 12.3. The molecular weight excluding hydrogens is 307 g/mol. The highest BCUT2D eigenvalue weighted by molar-refractivity contribution is 6.30. The van der Waals surface area contributed by atoms with Gasteiger partial charge in [-0.2, -0.15) is 0 Å². The summed E-state index contributed by atoms with van der Waals surface area (Å²) in [7, 11) is 0. The van der Waals surface area contributed by atoms with E-state index in [4.69, 9.17) is 11.6 Å². The first-order valence-corrected chi connectivity index (χ1v) is 8.08. The van der Waals surface area contributed by atoms with Crippen molar-refractivity contribution in [2.45, 2.75) is 31.7 Å². The zero-order valence-corrected chi connectivity index (χ0v) is 13.3. The Morgan fingerprint density at radius 2 is 2.27 bits per heavy atom. The van der Waals surface area contributed by atoms with Crippen molar-refractivity contribution in [3.63, 3.8) is 0 Å². The van der Waals surface area contributed by atoms with E-state index in [1.165, 1.54) is 18.2 Å². The molecule has 0 aliphatic carbocycles. The van der Waals surface area contributed by atoms with Gasteiger partial charge in [-0.1, -0.05) is 11.6 Å². The molecule has 1 aliphatic rings. The normalized spacial score (nSPS) is 18.6. The van der Waals surface area contributed by atoms with Crippen molar-refractivity contribution < 1.29 is 14.3 Å². The number of hydrogen-bond acceptors (Lipinski definition) is 3. The van der Waals surface area contributed by atoms with Crippen molar-refractivity contribution in [2.75, 3.05) is 26.2 Å². The fraction of sp³-hybridized carbons (Fsp3) is 0.562. The molecule has 22 heavy (non-hydrogen) atoms. The van der Waals surface area contributed by atoms with Crippen molar-refractivity contribution in [3.05, 3.63) is 34.6 Å². The molecule has 4 nitrogen and oxygen atoms in total. The number of hydrogen-bond donors (Lipinski definition) is 2. The maximum absolute atomic E-state index is 13.5. The monoisotopic (exact) mass is 328 g/mol. The van der Waals surface area contributed by atoms with Crippen LogP contribution < -0.4 is 5.32 Å². The average molecular weight is 329 g/mol. The van der Waals surface area contributed by atoms with Crippen molar-refractivity contribution in [1.82, 2.24) is 10.2 Å². The third-order valence-electron chi connectivity index (χ3n) is 4.04. The summed E-state index contributed by atoms with van der Waals surface area (Å²) in [5.41, 5.74) is -0.0209. The number of amides is 1. The van der Waals surface area contributed by atoms with Crippen LogP contribution >= 0.6 is 11.6 Å². The van der Waals surface area contributed by atoms with Crippen LogP contribution in [0.15, 0.2) is 18.2 Å². The van der Waals surface area contributed by atoms with Gasteiger partial charge in [-0.05, 0) is 57.0 Å². The van der Waals surface area contributed by atoms with Gasteiger partial charge < -0.3 is 10.4 Å². The summed E-state index contributed by atoms with van der Waals surface area (Å²) in [6, 6.07) is 4.23. The number of nitrogens with zero attached hydrogens (tertiary/aromatic N) is 1. The van der Waals surface area contributed by atoms with Gasteiger partial charge in [-0.15, -0.1) is 0 Å². The Bertz CT molecular complexity index is 513. The molecule has 0 aromatic heterocycles. The number of nitrogens with one attached hydrogen (secondary N) is 1. The van der Waals surface area contributed by atoms with E-state index in [0.29, 0.717) is 11.6 Å². The summed E-state index contributed by atoms with van der Waals surface area (Å²) < 4.78 is 13.5. The van der Waals surface area contributed by atoms with E-state index in [2.05, 4.69) is 10.2 Å². The first-order chi connectivity index (χ1) is 10.6. The fourth-order valence-corrected chi connectivity index (χ4v) is 2.98. The standard InChI is InChI=1S/C16H22ClFN2O2/c17-12-5-6-15(18)14(10-12)16(22)19-7-1-2-8-20-9-3-4-13(20)11-21/h5-6,10,13,21H,1-4,7-9,11H2,(H,19,22). The molecule has 2 N–H and O–H groups in total. The minimum Gasteiger partial charge on any atom is -0.395 e. The van der Waals surface area contributed by atoms with Crippen LogP contribution in [0.3, 0.4) is 0 Å².